The van der Waals surface area contributed by atoms with Gasteiger partial charge in [-0.2, -0.15) is 0 Å². The Morgan fingerprint density at radius 3 is 3.25 bits per heavy atom. The molecule has 12 heavy (non-hydrogen) atoms. The summed E-state index contributed by atoms with van der Waals surface area (Å²) in [5.41, 5.74) is 1.45. The minimum Gasteiger partial charge on any atom is -0.246 e. The third-order valence-corrected chi connectivity index (χ3v) is 1.58. The lowest BCUT2D eigenvalue weighted by Crippen LogP contribution is -1.84. The molecule has 0 spiro atoms. The van der Waals surface area contributed by atoms with Crippen LogP contribution in [0.15, 0.2) is 24.4 Å². The molecule has 2 rings (SSSR count). The minimum absolute atomic E-state index is 0.635. The van der Waals surface area contributed by atoms with Gasteiger partial charge >= 0.3 is 0 Å². The fourth-order valence-electron chi connectivity index (χ4n) is 1.00. The predicted octanol–water partition coefficient (Wildman–Crippen LogP) is 1.41. The van der Waals surface area contributed by atoms with E-state index in [1.807, 2.05) is 12.1 Å². The summed E-state index contributed by atoms with van der Waals surface area (Å²) in [6.45, 7) is 0. The molecule has 2 nitrogen and oxygen atoms in total. The second kappa shape index (κ2) is 2.63. The zero-order chi connectivity index (χ0) is 8.39. The summed E-state index contributed by atoms with van der Waals surface area (Å²) in [5, 5.41) is 0.997. The first-order valence-electron chi connectivity index (χ1n) is 3.49. The van der Waals surface area contributed by atoms with Crippen LogP contribution in [-0.4, -0.2) is 9.97 Å². The Morgan fingerprint density at radius 2 is 2.42 bits per heavy atom. The van der Waals surface area contributed by atoms with E-state index in [4.69, 9.17) is 6.42 Å². The van der Waals surface area contributed by atoms with Crippen molar-refractivity contribution in [2.45, 2.75) is 0 Å². The second-order valence-corrected chi connectivity index (χ2v) is 2.35. The Balaban J connectivity index is 2.78. The molecule has 0 atom stereocenters. The maximum atomic E-state index is 5.20. The normalized spacial score (nSPS) is 9.58. The lowest BCUT2D eigenvalue weighted by atomic mass is 10.2. The molecular formula is C10H5N2. The minimum atomic E-state index is 0.635. The van der Waals surface area contributed by atoms with Crippen LogP contribution in [0.3, 0.4) is 0 Å². The first-order chi connectivity index (χ1) is 5.90. The van der Waals surface area contributed by atoms with Crippen molar-refractivity contribution in [3.05, 3.63) is 36.3 Å². The molecule has 0 aromatic carbocycles. The van der Waals surface area contributed by atoms with Crippen molar-refractivity contribution < 1.29 is 0 Å². The van der Waals surface area contributed by atoms with Crippen LogP contribution < -0.4 is 0 Å². The van der Waals surface area contributed by atoms with Gasteiger partial charge < -0.3 is 0 Å². The monoisotopic (exact) mass is 153 g/mol. The smallest absolute Gasteiger partial charge is 0.113 e. The molecule has 1 radical (unpaired) electrons. The maximum Gasteiger partial charge on any atom is 0.113 e. The van der Waals surface area contributed by atoms with Crippen LogP contribution >= 0.6 is 0 Å². The molecule has 0 fully saturated rings. The molecule has 0 N–H and O–H groups in total. The van der Waals surface area contributed by atoms with Crippen LogP contribution in [0.5, 0.6) is 0 Å². The third kappa shape index (κ3) is 1.02. The molecule has 2 aromatic rings. The van der Waals surface area contributed by atoms with E-state index in [1.165, 1.54) is 0 Å². The molecule has 55 valence electrons. The van der Waals surface area contributed by atoms with Gasteiger partial charge in [0.2, 0.25) is 0 Å². The van der Waals surface area contributed by atoms with Crippen molar-refractivity contribution >= 4 is 10.9 Å². The molecule has 2 aromatic heterocycles. The largest absolute Gasteiger partial charge is 0.246 e. The van der Waals surface area contributed by atoms with Gasteiger partial charge in [0.1, 0.15) is 5.69 Å². The Morgan fingerprint density at radius 1 is 1.50 bits per heavy atom. The van der Waals surface area contributed by atoms with Gasteiger partial charge in [0.15, 0.2) is 0 Å². The first-order valence-corrected chi connectivity index (χ1v) is 3.49. The van der Waals surface area contributed by atoms with Gasteiger partial charge in [-0.25, -0.2) is 9.97 Å². The Kier molecular flexibility index (Phi) is 1.49. The fraction of sp³-hybridized carbons (Fsp3) is 0. The van der Waals surface area contributed by atoms with Crippen molar-refractivity contribution in [2.75, 3.05) is 0 Å². The number of hydrogen-bond acceptors (Lipinski definition) is 2. The predicted molar refractivity (Wildman–Crippen MR) is 46.3 cm³/mol. The molecule has 0 saturated carbocycles. The molecule has 0 aliphatic carbocycles. The zero-order valence-corrected chi connectivity index (χ0v) is 6.28. The van der Waals surface area contributed by atoms with E-state index in [9.17, 15) is 0 Å². The highest BCUT2D eigenvalue weighted by Gasteiger charge is 1.94. The van der Waals surface area contributed by atoms with Gasteiger partial charge in [-0.1, -0.05) is 12.0 Å². The summed E-state index contributed by atoms with van der Waals surface area (Å²) in [6.07, 6.45) is 9.59. The highest BCUT2D eigenvalue weighted by atomic mass is 14.7. The van der Waals surface area contributed by atoms with Crippen LogP contribution in [0.4, 0.5) is 0 Å². The summed E-state index contributed by atoms with van der Waals surface area (Å²) in [4.78, 5) is 8.01. The van der Waals surface area contributed by atoms with E-state index in [-0.39, 0.29) is 0 Å². The summed E-state index contributed by atoms with van der Waals surface area (Å²) in [7, 11) is 0. The molecular weight excluding hydrogens is 148 g/mol. The van der Waals surface area contributed by atoms with Crippen molar-refractivity contribution in [1.82, 2.24) is 9.97 Å². The van der Waals surface area contributed by atoms with Crippen molar-refractivity contribution in [3.8, 4) is 12.3 Å². The summed E-state index contributed by atoms with van der Waals surface area (Å²) in [5.74, 6) is 2.47. The number of terminal acetylenes is 1. The number of fused-ring (bicyclic) bond motifs is 1. The summed E-state index contributed by atoms with van der Waals surface area (Å²) < 4.78 is 0. The summed E-state index contributed by atoms with van der Waals surface area (Å²) in [6, 6.07) is 5.49. The number of rotatable bonds is 0. The van der Waals surface area contributed by atoms with Crippen LogP contribution in [0.25, 0.3) is 10.9 Å². The highest BCUT2D eigenvalue weighted by molar-refractivity contribution is 5.78. The lowest BCUT2D eigenvalue weighted by Gasteiger charge is -1.94. The van der Waals surface area contributed by atoms with Crippen molar-refractivity contribution in [2.24, 2.45) is 0 Å². The van der Waals surface area contributed by atoms with Crippen LogP contribution in [0, 0.1) is 18.5 Å². The van der Waals surface area contributed by atoms with Crippen LogP contribution in [-0.2, 0) is 0 Å². The van der Waals surface area contributed by atoms with E-state index in [2.05, 4.69) is 22.1 Å². The van der Waals surface area contributed by atoms with Gasteiger partial charge in [-0.05, 0) is 12.1 Å². The molecule has 0 amide bonds. The van der Waals surface area contributed by atoms with E-state index in [1.54, 1.807) is 12.3 Å². The number of hydrogen-bond donors (Lipinski definition) is 0. The Hall–Kier alpha value is -1.88. The standard InChI is InChI=1S/C10H5N2/c1-2-9-6-8-4-3-5-11-10(8)7-12-9/h1,3-4,6-7H. The number of nitrogens with zero attached hydrogens (tertiary/aromatic N) is 2. The molecule has 0 saturated heterocycles. The van der Waals surface area contributed by atoms with E-state index in [0.717, 1.165) is 10.9 Å². The zero-order valence-electron chi connectivity index (χ0n) is 6.28. The van der Waals surface area contributed by atoms with Gasteiger partial charge in [-0.15, -0.1) is 6.42 Å². The number of pyridine rings is 2. The SMILES string of the molecule is C#Cc1cc2cc[c]nc2cn1. The molecule has 0 unspecified atom stereocenters. The summed E-state index contributed by atoms with van der Waals surface area (Å²) >= 11 is 0. The van der Waals surface area contributed by atoms with Crippen molar-refractivity contribution in [3.63, 3.8) is 0 Å². The van der Waals surface area contributed by atoms with Crippen LogP contribution in [0.1, 0.15) is 5.69 Å². The topological polar surface area (TPSA) is 25.8 Å². The Labute approximate surface area is 70.3 Å². The molecule has 0 aliphatic heterocycles. The lowest BCUT2D eigenvalue weighted by molar-refractivity contribution is 1.28. The van der Waals surface area contributed by atoms with Gasteiger partial charge in [-0.3, -0.25) is 0 Å². The van der Waals surface area contributed by atoms with E-state index in [0.29, 0.717) is 5.69 Å². The molecule has 0 bridgehead atoms. The van der Waals surface area contributed by atoms with Gasteiger partial charge in [0.25, 0.3) is 0 Å². The molecule has 2 heteroatoms. The van der Waals surface area contributed by atoms with E-state index < -0.39 is 0 Å². The Bertz CT molecular complexity index is 455. The number of aromatic nitrogens is 2. The molecule has 2 heterocycles. The first kappa shape index (κ1) is 6.81. The molecule has 0 aliphatic rings. The highest BCUT2D eigenvalue weighted by Crippen LogP contribution is 2.09. The average Bonchev–Trinajstić information content (AvgIpc) is 2.17. The van der Waals surface area contributed by atoms with Gasteiger partial charge in [0.05, 0.1) is 17.9 Å². The second-order valence-electron chi connectivity index (χ2n) is 2.35. The van der Waals surface area contributed by atoms with Crippen molar-refractivity contribution in [1.29, 1.82) is 0 Å². The maximum absolute atomic E-state index is 5.20. The quantitative estimate of drug-likeness (QED) is 0.535. The average molecular weight is 153 g/mol. The van der Waals surface area contributed by atoms with E-state index >= 15 is 0 Å². The third-order valence-electron chi connectivity index (χ3n) is 1.58. The fourth-order valence-corrected chi connectivity index (χ4v) is 1.00. The van der Waals surface area contributed by atoms with Gasteiger partial charge in [0, 0.05) is 5.39 Å². The van der Waals surface area contributed by atoms with Crippen LogP contribution in [0.2, 0.25) is 0 Å².